The molecular weight excluding hydrogens is 719 g/mol. The fourth-order valence-corrected chi connectivity index (χ4v) is 7.26. The first-order chi connectivity index (χ1) is 23.6. The molecule has 0 N–H and O–H groups in total. The summed E-state index contributed by atoms with van der Waals surface area (Å²) >= 11 is -0.826. The van der Waals surface area contributed by atoms with Gasteiger partial charge in [0.25, 0.3) is 0 Å². The van der Waals surface area contributed by atoms with Crippen molar-refractivity contribution in [2.45, 2.75) is 142 Å². The van der Waals surface area contributed by atoms with Crippen LogP contribution in [0, 0.1) is 0 Å². The first-order valence-electron chi connectivity index (χ1n) is 18.9. The van der Waals surface area contributed by atoms with Crippen molar-refractivity contribution in [3.63, 3.8) is 0 Å². The van der Waals surface area contributed by atoms with Crippen molar-refractivity contribution in [2.24, 2.45) is 0 Å². The number of allylic oxidation sites excluding steroid dienone is 2. The van der Waals surface area contributed by atoms with Gasteiger partial charge in [-0.1, -0.05) is 139 Å². The summed E-state index contributed by atoms with van der Waals surface area (Å²) in [6, 6.07) is 23.3. The second kappa shape index (κ2) is 24.9. The van der Waals surface area contributed by atoms with E-state index in [2.05, 4.69) is 112 Å². The zero-order chi connectivity index (χ0) is 34.4. The summed E-state index contributed by atoms with van der Waals surface area (Å²) in [5.74, 6) is 1.62. The van der Waals surface area contributed by atoms with Crippen LogP contribution in [0.1, 0.15) is 151 Å². The number of hydrogen-bond acceptors (Lipinski definition) is 0. The van der Waals surface area contributed by atoms with Gasteiger partial charge in [0.2, 0.25) is 0 Å². The Morgan fingerprint density at radius 2 is 1.04 bits per heavy atom. The van der Waals surface area contributed by atoms with E-state index < -0.39 is 20.8 Å². The van der Waals surface area contributed by atoms with Crippen LogP contribution >= 0.6 is 17.0 Å². The Kier molecular flexibility index (Phi) is 21.4. The molecule has 0 unspecified atom stereocenters. The molecule has 4 aromatic rings. The van der Waals surface area contributed by atoms with E-state index in [0.717, 1.165) is 21.4 Å². The molecule has 0 spiro atoms. The van der Waals surface area contributed by atoms with Crippen LogP contribution in [0.4, 0.5) is 0 Å². The Bertz CT molecular complexity index is 1350. The van der Waals surface area contributed by atoms with E-state index in [9.17, 15) is 0 Å². The third kappa shape index (κ3) is 13.9. The summed E-state index contributed by atoms with van der Waals surface area (Å²) in [6.45, 7) is 8.81. The Morgan fingerprint density at radius 1 is 0.667 bits per heavy atom. The van der Waals surface area contributed by atoms with Crippen LogP contribution in [-0.2, 0) is 20.8 Å². The molecule has 4 aromatic carbocycles. The molecule has 0 nitrogen and oxygen atoms in total. The van der Waals surface area contributed by atoms with Gasteiger partial charge in [-0.05, 0) is 50.4 Å². The Balaban J connectivity index is 0.000000224. The van der Waals surface area contributed by atoms with Gasteiger partial charge in [0.15, 0.2) is 0 Å². The van der Waals surface area contributed by atoms with E-state index in [1.54, 1.807) is 11.1 Å². The summed E-state index contributed by atoms with van der Waals surface area (Å²) in [5.41, 5.74) is 5.95. The van der Waals surface area contributed by atoms with Crippen molar-refractivity contribution in [2.75, 3.05) is 0 Å². The van der Waals surface area contributed by atoms with Gasteiger partial charge in [-0.2, -0.15) is 12.1 Å². The number of unbranched alkanes of at least 4 members (excludes halogenated alkanes) is 4. The molecule has 2 fully saturated rings. The summed E-state index contributed by atoms with van der Waals surface area (Å²) in [7, 11) is 11.0. The Morgan fingerprint density at radius 3 is 1.40 bits per heavy atom. The van der Waals surface area contributed by atoms with Gasteiger partial charge in [0, 0.05) is 9.52 Å². The average Bonchev–Trinajstić information content (AvgIpc) is 3.77. The van der Waals surface area contributed by atoms with Gasteiger partial charge in [0.1, 0.15) is 0 Å². The maximum absolute atomic E-state index is 4.93. The topological polar surface area (TPSA) is 0 Å². The maximum atomic E-state index is 4.93. The van der Waals surface area contributed by atoms with Crippen LogP contribution < -0.4 is 0 Å². The second-order valence-electron chi connectivity index (χ2n) is 13.6. The van der Waals surface area contributed by atoms with Crippen molar-refractivity contribution < 1.29 is 20.8 Å². The van der Waals surface area contributed by atoms with Gasteiger partial charge >= 0.3 is 37.9 Å². The molecule has 6 rings (SSSR count). The first kappa shape index (κ1) is 41.2. The first-order valence-corrected chi connectivity index (χ1v) is 27.2. The minimum absolute atomic E-state index is 0.808. The molecule has 0 amide bonds. The molecule has 0 heterocycles. The molecule has 0 atom stereocenters. The number of benzene rings is 2. The average molecular weight is 779 g/mol. The fraction of sp³-hybridized carbons (Fsp3) is 0.500. The summed E-state index contributed by atoms with van der Waals surface area (Å²) in [6.07, 6.45) is 30.9. The molecule has 2 saturated carbocycles. The Labute approximate surface area is 315 Å². The zero-order valence-corrected chi connectivity index (χ0v) is 35.3. The van der Waals surface area contributed by atoms with Crippen molar-refractivity contribution in [1.29, 1.82) is 0 Å². The molecule has 2 aliphatic carbocycles. The van der Waals surface area contributed by atoms with Crippen LogP contribution in [0.25, 0.3) is 33.7 Å². The van der Waals surface area contributed by atoms with Crippen molar-refractivity contribution in [3.8, 4) is 0 Å². The molecule has 2 radical (unpaired) electrons. The van der Waals surface area contributed by atoms with E-state index in [4.69, 9.17) is 17.0 Å². The third-order valence-corrected chi connectivity index (χ3v) is 9.81. The van der Waals surface area contributed by atoms with Crippen molar-refractivity contribution in [1.82, 2.24) is 0 Å². The van der Waals surface area contributed by atoms with Crippen LogP contribution in [0.5, 0.6) is 0 Å². The van der Waals surface area contributed by atoms with E-state index in [-0.39, 0.29) is 0 Å². The zero-order valence-electron chi connectivity index (χ0n) is 30.3. The van der Waals surface area contributed by atoms with Gasteiger partial charge in [-0.15, -0.1) is 69.1 Å². The summed E-state index contributed by atoms with van der Waals surface area (Å²) < 4.78 is 0. The second-order valence-corrected chi connectivity index (χ2v) is 18.3. The van der Waals surface area contributed by atoms with Gasteiger partial charge in [-0.25, -0.2) is 0 Å². The monoisotopic (exact) mass is 776 g/mol. The normalized spacial score (nSPS) is 15.5. The number of hydrogen-bond donors (Lipinski definition) is 0. The standard InChI is InChI=1S/2C21H27.C2H6Si.2ClH.Zr/c2*1-2-3-4-6-12-18-13-9-14-19-15-20(16-21(18)19)17-10-7-5-8-11-17;1-3-2;;;/h2*6,9,12-17H,2-5,7-8,10-11H2,1H3;1-2H3;2*1H;/q2*-1;;;;+4/p-2. The molecular formula is C44H60Cl2SiZr. The third-order valence-electron chi connectivity index (χ3n) is 9.81. The number of rotatable bonds is 10. The van der Waals surface area contributed by atoms with Gasteiger partial charge < -0.3 is 0 Å². The van der Waals surface area contributed by atoms with E-state index in [0.29, 0.717) is 0 Å². The molecule has 0 bridgehead atoms. The van der Waals surface area contributed by atoms with Gasteiger partial charge in [-0.3, -0.25) is 0 Å². The molecule has 48 heavy (non-hydrogen) atoms. The van der Waals surface area contributed by atoms with Crippen LogP contribution in [0.3, 0.4) is 0 Å². The quantitative estimate of drug-likeness (QED) is 0.0854. The number of fused-ring (bicyclic) bond motifs is 2. The van der Waals surface area contributed by atoms with Gasteiger partial charge in [0.05, 0.1) is 0 Å². The molecule has 2 aliphatic rings. The Hall–Kier alpha value is -1.18. The minimum atomic E-state index is -0.826. The summed E-state index contributed by atoms with van der Waals surface area (Å²) in [5, 5.41) is 5.75. The predicted octanol–water partition coefficient (Wildman–Crippen LogP) is 15.8. The van der Waals surface area contributed by atoms with Crippen LogP contribution in [0.2, 0.25) is 13.1 Å². The summed E-state index contributed by atoms with van der Waals surface area (Å²) in [4.78, 5) is 0. The van der Waals surface area contributed by atoms with Crippen molar-refractivity contribution in [3.05, 3.63) is 95.1 Å². The molecule has 258 valence electrons. The molecule has 0 aliphatic heterocycles. The predicted molar refractivity (Wildman–Crippen MR) is 217 cm³/mol. The van der Waals surface area contributed by atoms with Crippen LogP contribution in [-0.4, -0.2) is 9.52 Å². The number of halogens is 2. The van der Waals surface area contributed by atoms with E-state index >= 15 is 0 Å². The van der Waals surface area contributed by atoms with E-state index in [1.165, 1.54) is 135 Å². The molecule has 0 saturated heterocycles. The molecule has 4 heteroatoms. The van der Waals surface area contributed by atoms with Crippen LogP contribution in [0.15, 0.2) is 72.8 Å². The SMILES string of the molecule is CCCCC=Cc1cccc2[cH-]c(C3CCCCC3)cc12.CCCCC=Cc1cccc2[cH-]c(C3CCCCC3)cc12.C[Si]C.[Cl][Zr+2][Cl]. The van der Waals surface area contributed by atoms with E-state index in [1.807, 2.05) is 0 Å². The van der Waals surface area contributed by atoms with Crippen molar-refractivity contribution >= 4 is 60.2 Å². The fourth-order valence-electron chi connectivity index (χ4n) is 7.26. The molecule has 0 aromatic heterocycles.